The molecule has 0 saturated carbocycles. The van der Waals surface area contributed by atoms with E-state index >= 15 is 0 Å². The maximum atomic E-state index is 12.0. The molecule has 0 bridgehead atoms. The Morgan fingerprint density at radius 2 is 1.89 bits per heavy atom. The van der Waals surface area contributed by atoms with Gasteiger partial charge in [-0.1, -0.05) is 11.6 Å². The van der Waals surface area contributed by atoms with Crippen molar-refractivity contribution in [3.63, 3.8) is 0 Å². The maximum absolute atomic E-state index is 12.0. The standard InChI is InChI=1S/C13H9BrClNO3/c14-9-5-11(13(18)19)16(6-9)7-12(17)8-1-3-10(15)4-2-8/h1-6H,7H2,(H,18,19). The van der Waals surface area contributed by atoms with Crippen LogP contribution in [0.25, 0.3) is 0 Å². The fraction of sp³-hybridized carbons (Fsp3) is 0.0769. The lowest BCUT2D eigenvalue weighted by Crippen LogP contribution is -2.14. The molecule has 0 saturated heterocycles. The molecule has 6 heteroatoms. The number of carbonyl (C=O) groups excluding carboxylic acids is 1. The number of carboxylic acid groups (broad SMARTS) is 1. The Morgan fingerprint density at radius 3 is 2.47 bits per heavy atom. The minimum absolute atomic E-state index is 0.0329. The van der Waals surface area contributed by atoms with E-state index in [9.17, 15) is 9.59 Å². The van der Waals surface area contributed by atoms with Gasteiger partial charge in [0.1, 0.15) is 5.69 Å². The quantitative estimate of drug-likeness (QED) is 0.865. The van der Waals surface area contributed by atoms with E-state index in [2.05, 4.69) is 15.9 Å². The number of aromatic carboxylic acids is 1. The van der Waals surface area contributed by atoms with Gasteiger partial charge in [0.25, 0.3) is 0 Å². The molecular weight excluding hydrogens is 334 g/mol. The van der Waals surface area contributed by atoms with Crippen LogP contribution in [0.15, 0.2) is 41.0 Å². The number of hydrogen-bond donors (Lipinski definition) is 1. The molecule has 2 rings (SSSR count). The van der Waals surface area contributed by atoms with Crippen LogP contribution >= 0.6 is 27.5 Å². The third kappa shape index (κ3) is 3.24. The van der Waals surface area contributed by atoms with Gasteiger partial charge in [-0.2, -0.15) is 0 Å². The second kappa shape index (κ2) is 5.59. The first-order chi connectivity index (χ1) is 8.97. The first kappa shape index (κ1) is 13.8. The van der Waals surface area contributed by atoms with Crippen molar-refractivity contribution in [3.8, 4) is 0 Å². The Labute approximate surface area is 122 Å². The summed E-state index contributed by atoms with van der Waals surface area (Å²) in [6, 6.07) is 7.93. The molecule has 0 fully saturated rings. The number of Topliss-reactive ketones (excluding diaryl/α,β-unsaturated/α-hetero) is 1. The molecule has 19 heavy (non-hydrogen) atoms. The highest BCUT2D eigenvalue weighted by Crippen LogP contribution is 2.16. The number of carbonyl (C=O) groups is 2. The summed E-state index contributed by atoms with van der Waals surface area (Å²) in [6.07, 6.45) is 1.57. The molecule has 1 aromatic carbocycles. The summed E-state index contributed by atoms with van der Waals surface area (Å²) in [5.41, 5.74) is 0.555. The van der Waals surface area contributed by atoms with E-state index in [0.717, 1.165) is 0 Å². The van der Waals surface area contributed by atoms with Crippen LogP contribution in [0.2, 0.25) is 5.02 Å². The number of benzene rings is 1. The molecule has 98 valence electrons. The molecule has 0 radical (unpaired) electrons. The Kier molecular flexibility index (Phi) is 4.07. The Hall–Kier alpha value is -1.59. The zero-order chi connectivity index (χ0) is 14.0. The predicted octanol–water partition coefficient (Wildman–Crippen LogP) is 3.49. The minimum Gasteiger partial charge on any atom is -0.477 e. The van der Waals surface area contributed by atoms with E-state index in [1.54, 1.807) is 30.5 Å². The molecule has 0 atom stereocenters. The summed E-state index contributed by atoms with van der Waals surface area (Å²) in [5, 5.41) is 9.58. The number of hydrogen-bond acceptors (Lipinski definition) is 2. The third-order valence-corrected chi connectivity index (χ3v) is 3.25. The van der Waals surface area contributed by atoms with Crippen molar-refractivity contribution in [2.24, 2.45) is 0 Å². The topological polar surface area (TPSA) is 59.3 Å². The number of nitrogens with zero attached hydrogens (tertiary/aromatic N) is 1. The first-order valence-electron chi connectivity index (χ1n) is 5.35. The van der Waals surface area contributed by atoms with Gasteiger partial charge in [0, 0.05) is 21.3 Å². The molecular formula is C13H9BrClNO3. The molecule has 0 unspecified atom stereocenters. The third-order valence-electron chi connectivity index (χ3n) is 2.56. The van der Waals surface area contributed by atoms with Gasteiger partial charge < -0.3 is 9.67 Å². The fourth-order valence-corrected chi connectivity index (χ4v) is 2.26. The van der Waals surface area contributed by atoms with E-state index in [1.807, 2.05) is 0 Å². The summed E-state index contributed by atoms with van der Waals surface area (Å²) in [6.45, 7) is -0.0329. The van der Waals surface area contributed by atoms with Crippen molar-refractivity contribution in [1.82, 2.24) is 4.57 Å². The molecule has 0 amide bonds. The zero-order valence-corrected chi connectivity index (χ0v) is 12.0. The van der Waals surface area contributed by atoms with E-state index in [-0.39, 0.29) is 18.0 Å². The lowest BCUT2D eigenvalue weighted by molar-refractivity contribution is 0.0685. The predicted molar refractivity (Wildman–Crippen MR) is 74.9 cm³/mol. The second-order valence-electron chi connectivity index (χ2n) is 3.91. The van der Waals surface area contributed by atoms with Gasteiger partial charge in [0.2, 0.25) is 0 Å². The lowest BCUT2D eigenvalue weighted by atomic mass is 10.1. The van der Waals surface area contributed by atoms with Crippen LogP contribution in [0.5, 0.6) is 0 Å². The maximum Gasteiger partial charge on any atom is 0.352 e. The van der Waals surface area contributed by atoms with Crippen molar-refractivity contribution >= 4 is 39.3 Å². The molecule has 0 aliphatic rings. The average Bonchev–Trinajstić information content (AvgIpc) is 2.71. The van der Waals surface area contributed by atoms with Crippen LogP contribution in [0.3, 0.4) is 0 Å². The summed E-state index contributed by atoms with van der Waals surface area (Å²) in [7, 11) is 0. The van der Waals surface area contributed by atoms with Crippen molar-refractivity contribution in [3.05, 3.63) is 57.3 Å². The fourth-order valence-electron chi connectivity index (χ4n) is 1.67. The van der Waals surface area contributed by atoms with Gasteiger partial charge in [-0.3, -0.25) is 4.79 Å². The van der Waals surface area contributed by atoms with Crippen molar-refractivity contribution < 1.29 is 14.7 Å². The largest absolute Gasteiger partial charge is 0.477 e. The molecule has 1 N–H and O–H groups in total. The summed E-state index contributed by atoms with van der Waals surface area (Å²) >= 11 is 8.94. The minimum atomic E-state index is -1.07. The number of halogens is 2. The van der Waals surface area contributed by atoms with Gasteiger partial charge in [0.05, 0.1) is 6.54 Å². The highest BCUT2D eigenvalue weighted by atomic mass is 79.9. The van der Waals surface area contributed by atoms with Crippen molar-refractivity contribution in [1.29, 1.82) is 0 Å². The number of carboxylic acids is 1. The van der Waals surface area contributed by atoms with Gasteiger partial charge in [-0.15, -0.1) is 0 Å². The molecule has 0 aliphatic heterocycles. The Balaban J connectivity index is 2.24. The number of ketones is 1. The Bertz CT molecular complexity index is 634. The molecule has 4 nitrogen and oxygen atoms in total. The van der Waals surface area contributed by atoms with E-state index < -0.39 is 5.97 Å². The molecule has 2 aromatic rings. The first-order valence-corrected chi connectivity index (χ1v) is 6.52. The number of aromatic nitrogens is 1. The van der Waals surface area contributed by atoms with Crippen LogP contribution in [0.4, 0.5) is 0 Å². The van der Waals surface area contributed by atoms with Crippen LogP contribution in [-0.2, 0) is 6.54 Å². The molecule has 1 aromatic heterocycles. The molecule has 1 heterocycles. The molecule has 0 spiro atoms. The van der Waals surface area contributed by atoms with Gasteiger partial charge >= 0.3 is 5.97 Å². The zero-order valence-electron chi connectivity index (χ0n) is 9.64. The SMILES string of the molecule is O=C(Cn1cc(Br)cc1C(=O)O)c1ccc(Cl)cc1. The number of rotatable bonds is 4. The molecule has 0 aliphatic carbocycles. The highest BCUT2D eigenvalue weighted by molar-refractivity contribution is 9.10. The van der Waals surface area contributed by atoms with Crippen LogP contribution in [0.1, 0.15) is 20.8 Å². The highest BCUT2D eigenvalue weighted by Gasteiger charge is 2.15. The van der Waals surface area contributed by atoms with Gasteiger partial charge in [-0.25, -0.2) is 4.79 Å². The van der Waals surface area contributed by atoms with E-state index in [1.165, 1.54) is 10.6 Å². The van der Waals surface area contributed by atoms with Crippen molar-refractivity contribution in [2.45, 2.75) is 6.54 Å². The monoisotopic (exact) mass is 341 g/mol. The van der Waals surface area contributed by atoms with Gasteiger partial charge in [-0.05, 0) is 46.3 Å². The van der Waals surface area contributed by atoms with Crippen LogP contribution in [-0.4, -0.2) is 21.4 Å². The summed E-state index contributed by atoms with van der Waals surface area (Å²) < 4.78 is 2.01. The lowest BCUT2D eigenvalue weighted by Gasteiger charge is -2.05. The second-order valence-corrected chi connectivity index (χ2v) is 5.26. The smallest absolute Gasteiger partial charge is 0.352 e. The van der Waals surface area contributed by atoms with Crippen LogP contribution in [0, 0.1) is 0 Å². The van der Waals surface area contributed by atoms with Crippen molar-refractivity contribution in [2.75, 3.05) is 0 Å². The average molecular weight is 343 g/mol. The van der Waals surface area contributed by atoms with E-state index in [0.29, 0.717) is 15.1 Å². The Morgan fingerprint density at radius 1 is 1.26 bits per heavy atom. The van der Waals surface area contributed by atoms with Crippen LogP contribution < -0.4 is 0 Å². The van der Waals surface area contributed by atoms with E-state index in [4.69, 9.17) is 16.7 Å². The van der Waals surface area contributed by atoms with Gasteiger partial charge in [0.15, 0.2) is 5.78 Å². The summed E-state index contributed by atoms with van der Waals surface area (Å²) in [5.74, 6) is -1.25. The summed E-state index contributed by atoms with van der Waals surface area (Å²) in [4.78, 5) is 23.1. The normalized spacial score (nSPS) is 10.4.